The highest BCUT2D eigenvalue weighted by atomic mass is 16.5. The van der Waals surface area contributed by atoms with E-state index < -0.39 is 0 Å². The zero-order chi connectivity index (χ0) is 17.8. The Bertz CT molecular complexity index is 701. The predicted octanol–water partition coefficient (Wildman–Crippen LogP) is 2.11. The van der Waals surface area contributed by atoms with Gasteiger partial charge in [0.1, 0.15) is 0 Å². The molecular weight excluding hydrogens is 318 g/mol. The first-order valence-corrected chi connectivity index (χ1v) is 8.65. The molecule has 2 aromatic rings. The van der Waals surface area contributed by atoms with E-state index in [1.807, 2.05) is 51.2 Å². The summed E-state index contributed by atoms with van der Waals surface area (Å²) in [4.78, 5) is 18.6. The van der Waals surface area contributed by atoms with Crippen LogP contribution >= 0.6 is 0 Å². The summed E-state index contributed by atoms with van der Waals surface area (Å²) in [6.45, 7) is 4.64. The summed E-state index contributed by atoms with van der Waals surface area (Å²) in [6, 6.07) is 10.2. The van der Waals surface area contributed by atoms with Gasteiger partial charge in [-0.1, -0.05) is 35.5 Å². The van der Waals surface area contributed by atoms with Crippen molar-refractivity contribution in [1.82, 2.24) is 25.7 Å². The van der Waals surface area contributed by atoms with Gasteiger partial charge in [-0.15, -0.1) is 0 Å². The SMILES string of the molecule is CC(C)NC(=O)N[C@H]1C[C@@H](c2nc(Cc3ccccc3)no2)N(C)C1. The number of carbonyl (C=O) groups is 1. The largest absolute Gasteiger partial charge is 0.338 e. The van der Waals surface area contributed by atoms with E-state index in [-0.39, 0.29) is 24.2 Å². The summed E-state index contributed by atoms with van der Waals surface area (Å²) in [5.41, 5.74) is 1.15. The van der Waals surface area contributed by atoms with Gasteiger partial charge in [0.25, 0.3) is 0 Å². The number of amides is 2. The number of benzene rings is 1. The van der Waals surface area contributed by atoms with E-state index in [1.54, 1.807) is 0 Å². The van der Waals surface area contributed by atoms with Crippen molar-refractivity contribution < 1.29 is 9.32 Å². The average Bonchev–Trinajstić information content (AvgIpc) is 3.14. The van der Waals surface area contributed by atoms with E-state index in [1.165, 1.54) is 0 Å². The quantitative estimate of drug-likeness (QED) is 0.869. The summed E-state index contributed by atoms with van der Waals surface area (Å²) in [5.74, 6) is 1.30. The Labute approximate surface area is 147 Å². The van der Waals surface area contributed by atoms with Crippen LogP contribution in [0, 0.1) is 0 Å². The molecule has 0 radical (unpaired) electrons. The number of carbonyl (C=O) groups excluding carboxylic acids is 1. The first-order chi connectivity index (χ1) is 12.0. The second-order valence-electron chi connectivity index (χ2n) is 6.87. The summed E-state index contributed by atoms with van der Waals surface area (Å²) < 4.78 is 5.48. The van der Waals surface area contributed by atoms with Gasteiger partial charge in [0, 0.05) is 25.0 Å². The summed E-state index contributed by atoms with van der Waals surface area (Å²) in [7, 11) is 2.01. The van der Waals surface area contributed by atoms with Crippen LogP contribution in [0.4, 0.5) is 4.79 Å². The molecule has 1 saturated heterocycles. The Morgan fingerprint density at radius 3 is 2.84 bits per heavy atom. The summed E-state index contributed by atoms with van der Waals surface area (Å²) >= 11 is 0. The molecule has 1 aliphatic rings. The second-order valence-corrected chi connectivity index (χ2v) is 6.87. The summed E-state index contributed by atoms with van der Waals surface area (Å²) in [5, 5.41) is 9.96. The lowest BCUT2D eigenvalue weighted by molar-refractivity contribution is 0.234. The van der Waals surface area contributed by atoms with Gasteiger partial charge in [-0.2, -0.15) is 4.98 Å². The molecule has 0 aliphatic carbocycles. The van der Waals surface area contributed by atoms with Gasteiger partial charge in [-0.05, 0) is 32.9 Å². The van der Waals surface area contributed by atoms with Crippen LogP contribution in [0.3, 0.4) is 0 Å². The lowest BCUT2D eigenvalue weighted by Crippen LogP contribution is -2.45. The van der Waals surface area contributed by atoms with Gasteiger partial charge in [0.2, 0.25) is 5.89 Å². The van der Waals surface area contributed by atoms with Crippen molar-refractivity contribution in [3.05, 3.63) is 47.6 Å². The van der Waals surface area contributed by atoms with Gasteiger partial charge in [0.15, 0.2) is 5.82 Å². The van der Waals surface area contributed by atoms with E-state index in [0.29, 0.717) is 18.1 Å². The zero-order valence-corrected chi connectivity index (χ0v) is 14.9. The molecule has 0 spiro atoms. The number of urea groups is 1. The molecule has 7 heteroatoms. The number of rotatable bonds is 5. The van der Waals surface area contributed by atoms with E-state index in [2.05, 4.69) is 25.7 Å². The number of hydrogen-bond acceptors (Lipinski definition) is 5. The molecule has 1 aliphatic heterocycles. The molecule has 1 aromatic carbocycles. The number of nitrogens with zero attached hydrogens (tertiary/aromatic N) is 3. The minimum atomic E-state index is -0.135. The van der Waals surface area contributed by atoms with Crippen LogP contribution in [0.1, 0.15) is 43.6 Å². The van der Waals surface area contributed by atoms with Crippen molar-refractivity contribution in [2.24, 2.45) is 0 Å². The van der Waals surface area contributed by atoms with Crippen molar-refractivity contribution in [3.8, 4) is 0 Å². The zero-order valence-electron chi connectivity index (χ0n) is 14.9. The average molecular weight is 343 g/mol. The van der Waals surface area contributed by atoms with Crippen LogP contribution in [0.2, 0.25) is 0 Å². The smallest absolute Gasteiger partial charge is 0.315 e. The van der Waals surface area contributed by atoms with Crippen molar-refractivity contribution in [3.63, 3.8) is 0 Å². The van der Waals surface area contributed by atoms with Gasteiger partial charge in [-0.3, -0.25) is 4.90 Å². The molecule has 2 atom stereocenters. The number of hydrogen-bond donors (Lipinski definition) is 2. The van der Waals surface area contributed by atoms with E-state index in [9.17, 15) is 4.79 Å². The summed E-state index contributed by atoms with van der Waals surface area (Å²) in [6.07, 6.45) is 1.41. The van der Waals surface area contributed by atoms with Crippen LogP contribution in [0.25, 0.3) is 0 Å². The number of aromatic nitrogens is 2. The van der Waals surface area contributed by atoms with Crippen molar-refractivity contribution >= 4 is 6.03 Å². The lowest BCUT2D eigenvalue weighted by Gasteiger charge is -2.15. The fourth-order valence-electron chi connectivity index (χ4n) is 3.14. The van der Waals surface area contributed by atoms with Crippen molar-refractivity contribution in [2.75, 3.05) is 13.6 Å². The third-order valence-corrected chi connectivity index (χ3v) is 4.28. The van der Waals surface area contributed by atoms with Gasteiger partial charge >= 0.3 is 6.03 Å². The molecule has 1 fully saturated rings. The highest BCUT2D eigenvalue weighted by Crippen LogP contribution is 2.29. The maximum atomic E-state index is 11.9. The first kappa shape index (κ1) is 17.4. The maximum absolute atomic E-state index is 11.9. The number of nitrogens with one attached hydrogen (secondary N) is 2. The molecule has 2 N–H and O–H groups in total. The van der Waals surface area contributed by atoms with Crippen LogP contribution in [-0.4, -0.2) is 46.7 Å². The minimum absolute atomic E-state index is 0.0290. The molecule has 3 rings (SSSR count). The minimum Gasteiger partial charge on any atom is -0.338 e. The Morgan fingerprint density at radius 2 is 2.12 bits per heavy atom. The highest BCUT2D eigenvalue weighted by Gasteiger charge is 2.35. The topological polar surface area (TPSA) is 83.3 Å². The molecule has 7 nitrogen and oxygen atoms in total. The molecule has 2 heterocycles. The van der Waals surface area contributed by atoms with Crippen LogP contribution in [-0.2, 0) is 6.42 Å². The molecule has 0 bridgehead atoms. The predicted molar refractivity (Wildman–Crippen MR) is 94.1 cm³/mol. The van der Waals surface area contributed by atoms with Crippen molar-refractivity contribution in [1.29, 1.82) is 0 Å². The second kappa shape index (κ2) is 7.65. The Balaban J connectivity index is 1.60. The fourth-order valence-corrected chi connectivity index (χ4v) is 3.14. The highest BCUT2D eigenvalue weighted by molar-refractivity contribution is 5.74. The molecular formula is C18H25N5O2. The van der Waals surface area contributed by atoms with Gasteiger partial charge < -0.3 is 15.2 Å². The molecule has 134 valence electrons. The fraction of sp³-hybridized carbons (Fsp3) is 0.500. The number of likely N-dealkylation sites (N-methyl/N-ethyl adjacent to an activating group) is 1. The standard InChI is InChI=1S/C18H25N5O2/c1-12(2)19-18(24)20-14-10-15(23(3)11-14)17-21-16(22-25-17)9-13-7-5-4-6-8-13/h4-8,12,14-15H,9-11H2,1-3H3,(H2,19,20,24)/t14-,15-/m0/s1. The lowest BCUT2D eigenvalue weighted by atomic mass is 10.1. The molecule has 25 heavy (non-hydrogen) atoms. The third-order valence-electron chi connectivity index (χ3n) is 4.28. The normalized spacial score (nSPS) is 20.8. The van der Waals surface area contributed by atoms with Crippen LogP contribution < -0.4 is 10.6 Å². The monoisotopic (exact) mass is 343 g/mol. The first-order valence-electron chi connectivity index (χ1n) is 8.65. The number of likely N-dealkylation sites (tertiary alicyclic amines) is 1. The third kappa shape index (κ3) is 4.57. The molecule has 0 saturated carbocycles. The van der Waals surface area contributed by atoms with Crippen LogP contribution in [0.15, 0.2) is 34.9 Å². The Hall–Kier alpha value is -2.41. The van der Waals surface area contributed by atoms with E-state index >= 15 is 0 Å². The van der Waals surface area contributed by atoms with Crippen LogP contribution in [0.5, 0.6) is 0 Å². The Kier molecular flexibility index (Phi) is 5.33. The van der Waals surface area contributed by atoms with E-state index in [4.69, 9.17) is 4.52 Å². The molecule has 1 aromatic heterocycles. The molecule has 2 amide bonds. The maximum Gasteiger partial charge on any atom is 0.315 e. The Morgan fingerprint density at radius 1 is 1.36 bits per heavy atom. The van der Waals surface area contributed by atoms with Crippen molar-refractivity contribution in [2.45, 2.75) is 44.8 Å². The van der Waals surface area contributed by atoms with Gasteiger partial charge in [0.05, 0.1) is 6.04 Å². The molecule has 0 unspecified atom stereocenters. The van der Waals surface area contributed by atoms with E-state index in [0.717, 1.165) is 18.5 Å². The van der Waals surface area contributed by atoms with Gasteiger partial charge in [-0.25, -0.2) is 4.79 Å².